The number of H-pyrrole nitrogens is 1. The Morgan fingerprint density at radius 2 is 2.21 bits per heavy atom. The third-order valence-electron chi connectivity index (χ3n) is 2.56. The standard InChI is InChI=1S/C12H8N4O2S/c17-10(16-12-13-3-4-19-12)7-1-2-8-9(5-7)14-6-15-11(8)18/h1-6H,(H,13,16,17)(H,14,15,18). The number of fused-ring (bicyclic) bond motifs is 1. The molecule has 0 saturated carbocycles. The number of benzene rings is 1. The molecule has 3 aromatic rings. The maximum Gasteiger partial charge on any atom is 0.258 e. The van der Waals surface area contributed by atoms with Crippen molar-refractivity contribution < 1.29 is 4.79 Å². The lowest BCUT2D eigenvalue weighted by atomic mass is 10.1. The zero-order chi connectivity index (χ0) is 13.2. The van der Waals surface area contributed by atoms with E-state index in [1.54, 1.807) is 29.8 Å². The molecule has 0 radical (unpaired) electrons. The van der Waals surface area contributed by atoms with Gasteiger partial charge in [0, 0.05) is 17.1 Å². The first-order valence-electron chi connectivity index (χ1n) is 5.42. The fourth-order valence-corrected chi connectivity index (χ4v) is 2.19. The molecule has 0 fully saturated rings. The van der Waals surface area contributed by atoms with E-state index in [1.807, 2.05) is 0 Å². The Kier molecular flexibility index (Phi) is 2.81. The van der Waals surface area contributed by atoms with E-state index in [-0.39, 0.29) is 11.5 Å². The van der Waals surface area contributed by atoms with Gasteiger partial charge >= 0.3 is 0 Å². The zero-order valence-electron chi connectivity index (χ0n) is 9.58. The number of aromatic amines is 1. The lowest BCUT2D eigenvalue weighted by Crippen LogP contribution is -2.13. The molecule has 0 bridgehead atoms. The van der Waals surface area contributed by atoms with E-state index >= 15 is 0 Å². The summed E-state index contributed by atoms with van der Waals surface area (Å²) < 4.78 is 0. The summed E-state index contributed by atoms with van der Waals surface area (Å²) in [6.07, 6.45) is 2.93. The summed E-state index contributed by atoms with van der Waals surface area (Å²) in [7, 11) is 0. The van der Waals surface area contributed by atoms with Gasteiger partial charge in [0.15, 0.2) is 5.13 Å². The van der Waals surface area contributed by atoms with E-state index < -0.39 is 0 Å². The molecule has 6 nitrogen and oxygen atoms in total. The van der Waals surface area contributed by atoms with Crippen molar-refractivity contribution in [3.63, 3.8) is 0 Å². The van der Waals surface area contributed by atoms with Crippen molar-refractivity contribution in [3.8, 4) is 0 Å². The van der Waals surface area contributed by atoms with Gasteiger partial charge in [-0.2, -0.15) is 0 Å². The second kappa shape index (κ2) is 4.62. The summed E-state index contributed by atoms with van der Waals surface area (Å²) in [6.45, 7) is 0. The number of amides is 1. The molecule has 1 amide bonds. The molecule has 19 heavy (non-hydrogen) atoms. The number of rotatable bonds is 2. The highest BCUT2D eigenvalue weighted by molar-refractivity contribution is 7.13. The first-order chi connectivity index (χ1) is 9.24. The smallest absolute Gasteiger partial charge is 0.258 e. The fraction of sp³-hybridized carbons (Fsp3) is 0. The quantitative estimate of drug-likeness (QED) is 0.742. The number of nitrogens with one attached hydrogen (secondary N) is 2. The van der Waals surface area contributed by atoms with Crippen LogP contribution >= 0.6 is 11.3 Å². The van der Waals surface area contributed by atoms with Crippen LogP contribution in [0.4, 0.5) is 5.13 Å². The van der Waals surface area contributed by atoms with E-state index in [0.29, 0.717) is 21.6 Å². The van der Waals surface area contributed by atoms with Crippen LogP contribution in [-0.4, -0.2) is 20.9 Å². The maximum absolute atomic E-state index is 12.0. The lowest BCUT2D eigenvalue weighted by Gasteiger charge is -2.02. The number of carbonyl (C=O) groups excluding carboxylic acids is 1. The van der Waals surface area contributed by atoms with E-state index in [2.05, 4.69) is 20.3 Å². The number of hydrogen-bond donors (Lipinski definition) is 2. The molecule has 7 heteroatoms. The van der Waals surface area contributed by atoms with Gasteiger partial charge in [-0.05, 0) is 18.2 Å². The highest BCUT2D eigenvalue weighted by Gasteiger charge is 2.09. The van der Waals surface area contributed by atoms with E-state index in [9.17, 15) is 9.59 Å². The van der Waals surface area contributed by atoms with Crippen molar-refractivity contribution in [1.82, 2.24) is 15.0 Å². The van der Waals surface area contributed by atoms with Crippen LogP contribution < -0.4 is 10.9 Å². The van der Waals surface area contributed by atoms with Crippen LogP contribution in [0.25, 0.3) is 10.9 Å². The van der Waals surface area contributed by atoms with Crippen molar-refractivity contribution in [1.29, 1.82) is 0 Å². The van der Waals surface area contributed by atoms with Gasteiger partial charge in [0.05, 0.1) is 17.2 Å². The van der Waals surface area contributed by atoms with Crippen LogP contribution in [0, 0.1) is 0 Å². The van der Waals surface area contributed by atoms with Crippen molar-refractivity contribution in [3.05, 3.63) is 52.0 Å². The van der Waals surface area contributed by atoms with E-state index in [4.69, 9.17) is 0 Å². The molecule has 0 aliphatic rings. The Bertz CT molecular complexity index is 795. The number of hydrogen-bond acceptors (Lipinski definition) is 5. The monoisotopic (exact) mass is 272 g/mol. The van der Waals surface area contributed by atoms with Crippen LogP contribution in [0.2, 0.25) is 0 Å². The third-order valence-corrected chi connectivity index (χ3v) is 3.25. The summed E-state index contributed by atoms with van der Waals surface area (Å²) in [5.74, 6) is -0.279. The minimum Gasteiger partial charge on any atom is -0.313 e. The van der Waals surface area contributed by atoms with Crippen LogP contribution in [0.1, 0.15) is 10.4 Å². The molecule has 2 N–H and O–H groups in total. The number of carbonyl (C=O) groups is 1. The predicted molar refractivity (Wildman–Crippen MR) is 72.4 cm³/mol. The average Bonchev–Trinajstić information content (AvgIpc) is 2.91. The molecule has 0 atom stereocenters. The Morgan fingerprint density at radius 3 is 3.00 bits per heavy atom. The minimum absolute atomic E-state index is 0.225. The minimum atomic E-state index is -0.279. The summed E-state index contributed by atoms with van der Waals surface area (Å²) >= 11 is 1.34. The van der Waals surface area contributed by atoms with Crippen molar-refractivity contribution >= 4 is 33.3 Å². The van der Waals surface area contributed by atoms with E-state index in [0.717, 1.165) is 0 Å². The normalized spacial score (nSPS) is 10.5. The Balaban J connectivity index is 1.97. The second-order valence-electron chi connectivity index (χ2n) is 3.75. The molecule has 3 rings (SSSR count). The molecule has 0 saturated heterocycles. The second-order valence-corrected chi connectivity index (χ2v) is 4.65. The van der Waals surface area contributed by atoms with Crippen molar-refractivity contribution in [2.75, 3.05) is 5.32 Å². The summed E-state index contributed by atoms with van der Waals surface area (Å²) in [5, 5.41) is 5.43. The molecule has 1 aromatic carbocycles. The third kappa shape index (κ3) is 2.23. The number of aromatic nitrogens is 3. The summed E-state index contributed by atoms with van der Waals surface area (Å²) in [4.78, 5) is 34.0. The van der Waals surface area contributed by atoms with Crippen molar-refractivity contribution in [2.24, 2.45) is 0 Å². The Morgan fingerprint density at radius 1 is 1.32 bits per heavy atom. The van der Waals surface area contributed by atoms with Crippen LogP contribution in [0.15, 0.2) is 40.9 Å². The topological polar surface area (TPSA) is 87.7 Å². The first kappa shape index (κ1) is 11.5. The molecule has 2 aromatic heterocycles. The van der Waals surface area contributed by atoms with Crippen molar-refractivity contribution in [2.45, 2.75) is 0 Å². The highest BCUT2D eigenvalue weighted by Crippen LogP contribution is 2.14. The fourth-order valence-electron chi connectivity index (χ4n) is 1.66. The van der Waals surface area contributed by atoms with Gasteiger partial charge in [-0.15, -0.1) is 11.3 Å². The van der Waals surface area contributed by atoms with Gasteiger partial charge < -0.3 is 4.98 Å². The molecular formula is C12H8N4O2S. The van der Waals surface area contributed by atoms with Gasteiger partial charge in [0.25, 0.3) is 11.5 Å². The molecule has 2 heterocycles. The maximum atomic E-state index is 12.0. The highest BCUT2D eigenvalue weighted by atomic mass is 32.1. The van der Waals surface area contributed by atoms with Gasteiger partial charge in [0.1, 0.15) is 0 Å². The number of nitrogens with zero attached hydrogens (tertiary/aromatic N) is 2. The average molecular weight is 272 g/mol. The summed E-state index contributed by atoms with van der Waals surface area (Å²) in [6, 6.07) is 4.74. The molecule has 0 unspecified atom stereocenters. The largest absolute Gasteiger partial charge is 0.313 e. The number of thiazole rings is 1. The predicted octanol–water partition coefficient (Wildman–Crippen LogP) is 1.63. The van der Waals surface area contributed by atoms with Gasteiger partial charge in [-0.25, -0.2) is 9.97 Å². The first-order valence-corrected chi connectivity index (χ1v) is 6.30. The molecule has 0 aliphatic carbocycles. The van der Waals surface area contributed by atoms with Gasteiger partial charge in [0.2, 0.25) is 0 Å². The zero-order valence-corrected chi connectivity index (χ0v) is 10.4. The lowest BCUT2D eigenvalue weighted by molar-refractivity contribution is 0.102. The van der Waals surface area contributed by atoms with Crippen LogP contribution in [-0.2, 0) is 0 Å². The van der Waals surface area contributed by atoms with E-state index in [1.165, 1.54) is 17.7 Å². The number of anilines is 1. The molecule has 0 aliphatic heterocycles. The van der Waals surface area contributed by atoms with Gasteiger partial charge in [-0.3, -0.25) is 14.9 Å². The SMILES string of the molecule is O=C(Nc1nccs1)c1ccc2c(=O)[nH]cnc2c1. The van der Waals surface area contributed by atoms with Crippen LogP contribution in [0.5, 0.6) is 0 Å². The summed E-state index contributed by atoms with van der Waals surface area (Å²) in [5.41, 5.74) is 0.688. The molecular weight excluding hydrogens is 264 g/mol. The van der Waals surface area contributed by atoms with Gasteiger partial charge in [-0.1, -0.05) is 0 Å². The van der Waals surface area contributed by atoms with Crippen LogP contribution in [0.3, 0.4) is 0 Å². The Labute approximate surface area is 111 Å². The molecule has 0 spiro atoms. The Hall–Kier alpha value is -2.54. The molecule has 94 valence electrons.